The van der Waals surface area contributed by atoms with Crippen LogP contribution in [0.4, 0.5) is 15.5 Å². The lowest BCUT2D eigenvalue weighted by atomic mass is 9.96. The van der Waals surface area contributed by atoms with E-state index in [9.17, 15) is 9.59 Å². The van der Waals surface area contributed by atoms with Gasteiger partial charge in [0.15, 0.2) is 0 Å². The van der Waals surface area contributed by atoms with Gasteiger partial charge in [0.25, 0.3) is 5.91 Å². The maximum Gasteiger partial charge on any atom is 0.324 e. The van der Waals surface area contributed by atoms with Gasteiger partial charge in [-0.1, -0.05) is 39.3 Å². The number of nitrogens with one attached hydrogen (secondary N) is 2. The van der Waals surface area contributed by atoms with Crippen LogP contribution in [0.25, 0.3) is 0 Å². The third kappa shape index (κ3) is 6.72. The Bertz CT molecular complexity index is 958. The SMILES string of the molecule is CC.CC.C[N+]1(C2CCOCC2)CCc2c(sc(NC(=O)Nc3ccc(Cl)cc3)c2C(N)=O)C1. The van der Waals surface area contributed by atoms with Crippen molar-refractivity contribution in [3.8, 4) is 0 Å². The minimum absolute atomic E-state index is 0.417. The molecule has 1 unspecified atom stereocenters. The summed E-state index contributed by atoms with van der Waals surface area (Å²) in [5.41, 5.74) is 7.74. The third-order valence-corrected chi connectivity index (χ3v) is 7.50. The van der Waals surface area contributed by atoms with E-state index in [1.165, 1.54) is 11.3 Å². The summed E-state index contributed by atoms with van der Waals surface area (Å²) in [6, 6.07) is 6.96. The highest BCUT2D eigenvalue weighted by atomic mass is 35.5. The number of halogens is 1. The predicted octanol–water partition coefficient (Wildman–Crippen LogP) is 5.88. The van der Waals surface area contributed by atoms with Gasteiger partial charge in [0.1, 0.15) is 11.5 Å². The van der Waals surface area contributed by atoms with E-state index in [1.54, 1.807) is 24.3 Å². The van der Waals surface area contributed by atoms with Crippen molar-refractivity contribution in [3.05, 3.63) is 45.3 Å². The van der Waals surface area contributed by atoms with Gasteiger partial charge in [-0.3, -0.25) is 10.1 Å². The highest BCUT2D eigenvalue weighted by Crippen LogP contribution is 2.40. The first-order valence-electron chi connectivity index (χ1n) is 12.1. The van der Waals surface area contributed by atoms with E-state index >= 15 is 0 Å². The Labute approximate surface area is 212 Å². The number of urea groups is 1. The van der Waals surface area contributed by atoms with E-state index in [0.29, 0.717) is 27.3 Å². The molecule has 3 heterocycles. The molecule has 9 heteroatoms. The number of benzene rings is 1. The summed E-state index contributed by atoms with van der Waals surface area (Å²) in [7, 11) is 2.28. The number of anilines is 2. The van der Waals surface area contributed by atoms with E-state index in [-0.39, 0.29) is 0 Å². The van der Waals surface area contributed by atoms with Gasteiger partial charge < -0.3 is 20.3 Å². The number of primary amides is 1. The van der Waals surface area contributed by atoms with Gasteiger partial charge in [-0.25, -0.2) is 4.79 Å². The Kier molecular flexibility index (Phi) is 10.8. The van der Waals surface area contributed by atoms with E-state index in [2.05, 4.69) is 17.7 Å². The van der Waals surface area contributed by atoms with Gasteiger partial charge in [-0.15, -0.1) is 11.3 Å². The molecule has 1 aromatic heterocycles. The van der Waals surface area contributed by atoms with Crippen LogP contribution in [0.1, 0.15) is 61.3 Å². The summed E-state index contributed by atoms with van der Waals surface area (Å²) in [6.45, 7) is 11.4. The zero-order chi connectivity index (χ0) is 25.3. The number of rotatable bonds is 4. The highest BCUT2D eigenvalue weighted by molar-refractivity contribution is 7.17. The number of carbonyl (C=O) groups is 2. The zero-order valence-corrected chi connectivity index (χ0v) is 22.4. The molecule has 0 saturated carbocycles. The molecule has 188 valence electrons. The van der Waals surface area contributed by atoms with Crippen molar-refractivity contribution in [2.45, 2.75) is 59.5 Å². The predicted molar refractivity (Wildman–Crippen MR) is 142 cm³/mol. The fraction of sp³-hybridized carbons (Fsp3) is 0.520. The maximum atomic E-state index is 12.5. The molecular formula is C25H38ClN4O3S+. The lowest BCUT2D eigenvalue weighted by Crippen LogP contribution is -2.56. The van der Waals surface area contributed by atoms with Crippen molar-refractivity contribution in [2.24, 2.45) is 5.73 Å². The minimum atomic E-state index is -0.503. The number of fused-ring (bicyclic) bond motifs is 1. The summed E-state index contributed by atoms with van der Waals surface area (Å²) in [5, 5.41) is 6.69. The standard InChI is InChI=1S/C21H25ClN4O3S.2C2H6/c1-26(15-7-10-29-11-8-15)9-6-16-17(12-26)30-20(18(16)19(23)27)25-21(28)24-14-4-2-13(22)3-5-14;2*1-2/h2-5,15H,6-12H2,1H3,(H3-,23,24,25,27,28);2*1-2H3/p+1. The normalized spacial score (nSPS) is 19.5. The number of nitrogens with two attached hydrogens (primary N) is 1. The first-order valence-corrected chi connectivity index (χ1v) is 13.2. The van der Waals surface area contributed by atoms with E-state index < -0.39 is 11.9 Å². The number of carbonyl (C=O) groups excluding carboxylic acids is 2. The molecule has 1 saturated heterocycles. The lowest BCUT2D eigenvalue weighted by Gasteiger charge is -2.45. The molecule has 34 heavy (non-hydrogen) atoms. The van der Waals surface area contributed by atoms with Crippen molar-refractivity contribution in [3.63, 3.8) is 0 Å². The Morgan fingerprint density at radius 3 is 2.29 bits per heavy atom. The fourth-order valence-corrected chi connectivity index (χ4v) is 5.97. The van der Waals surface area contributed by atoms with Gasteiger partial charge in [0, 0.05) is 30.0 Å². The smallest absolute Gasteiger partial charge is 0.324 e. The van der Waals surface area contributed by atoms with Crippen molar-refractivity contribution in [1.82, 2.24) is 0 Å². The molecule has 3 amide bonds. The molecule has 0 spiro atoms. The molecule has 2 aromatic rings. The summed E-state index contributed by atoms with van der Waals surface area (Å²) in [4.78, 5) is 25.9. The number of likely N-dealkylation sites (N-methyl/N-ethyl adjacent to an activating group) is 1. The zero-order valence-electron chi connectivity index (χ0n) is 20.9. The van der Waals surface area contributed by atoms with Crippen LogP contribution in [-0.2, 0) is 17.7 Å². The molecule has 4 rings (SSSR count). The first kappa shape index (κ1) is 28.1. The van der Waals surface area contributed by atoms with Gasteiger partial charge in [0.05, 0.1) is 43.3 Å². The van der Waals surface area contributed by atoms with Crippen LogP contribution < -0.4 is 16.4 Å². The largest absolute Gasteiger partial charge is 0.381 e. The fourth-order valence-electron chi connectivity index (χ4n) is 4.45. The lowest BCUT2D eigenvalue weighted by molar-refractivity contribution is -0.949. The summed E-state index contributed by atoms with van der Waals surface area (Å²) >= 11 is 7.34. The summed E-state index contributed by atoms with van der Waals surface area (Å²) < 4.78 is 6.46. The topological polar surface area (TPSA) is 93.4 Å². The van der Waals surface area contributed by atoms with Crippen molar-refractivity contribution < 1.29 is 18.8 Å². The highest BCUT2D eigenvalue weighted by Gasteiger charge is 2.40. The quantitative estimate of drug-likeness (QED) is 0.449. The second-order valence-electron chi connectivity index (χ2n) is 8.11. The van der Waals surface area contributed by atoms with Crippen molar-refractivity contribution in [2.75, 3.05) is 37.4 Å². The molecular weight excluding hydrogens is 472 g/mol. The van der Waals surface area contributed by atoms with Crippen LogP contribution in [0, 0.1) is 0 Å². The number of ether oxygens (including phenoxy) is 1. The Morgan fingerprint density at radius 2 is 1.71 bits per heavy atom. The molecule has 7 nitrogen and oxygen atoms in total. The second-order valence-corrected chi connectivity index (χ2v) is 9.65. The van der Waals surface area contributed by atoms with E-state index in [1.807, 2.05) is 27.7 Å². The van der Waals surface area contributed by atoms with E-state index in [0.717, 1.165) is 60.5 Å². The molecule has 4 N–H and O–H groups in total. The molecule has 0 radical (unpaired) electrons. The number of quaternary nitrogens is 1. The average Bonchev–Trinajstić information content (AvgIpc) is 3.20. The molecule has 1 fully saturated rings. The van der Waals surface area contributed by atoms with Crippen molar-refractivity contribution >= 4 is 45.6 Å². The summed E-state index contributed by atoms with van der Waals surface area (Å²) in [6.07, 6.45) is 2.88. The molecule has 2 aliphatic heterocycles. The number of hydrogen-bond acceptors (Lipinski definition) is 4. The monoisotopic (exact) mass is 509 g/mol. The Hall–Kier alpha value is -2.13. The number of nitrogens with zero attached hydrogens (tertiary/aromatic N) is 1. The number of amides is 3. The molecule has 2 aliphatic rings. The second kappa shape index (κ2) is 13.1. The first-order chi connectivity index (χ1) is 16.4. The Balaban J connectivity index is 0.000000970. The molecule has 0 bridgehead atoms. The van der Waals surface area contributed by atoms with Gasteiger partial charge in [-0.2, -0.15) is 0 Å². The average molecular weight is 510 g/mol. The van der Waals surface area contributed by atoms with Gasteiger partial charge >= 0.3 is 6.03 Å². The molecule has 0 aliphatic carbocycles. The van der Waals surface area contributed by atoms with Crippen molar-refractivity contribution in [1.29, 1.82) is 0 Å². The minimum Gasteiger partial charge on any atom is -0.381 e. The van der Waals surface area contributed by atoms with Crippen LogP contribution in [0.2, 0.25) is 5.02 Å². The third-order valence-electron chi connectivity index (χ3n) is 6.12. The van der Waals surface area contributed by atoms with Crippen LogP contribution in [0.5, 0.6) is 0 Å². The summed E-state index contributed by atoms with van der Waals surface area (Å²) in [5.74, 6) is -0.503. The molecule has 1 aromatic carbocycles. The van der Waals surface area contributed by atoms with Crippen LogP contribution in [0.3, 0.4) is 0 Å². The van der Waals surface area contributed by atoms with Crippen LogP contribution >= 0.6 is 22.9 Å². The van der Waals surface area contributed by atoms with E-state index in [4.69, 9.17) is 22.1 Å². The van der Waals surface area contributed by atoms with Gasteiger partial charge in [-0.05, 0) is 29.8 Å². The van der Waals surface area contributed by atoms with Crippen LogP contribution in [0.15, 0.2) is 24.3 Å². The molecule has 1 atom stereocenters. The number of thiophene rings is 1. The van der Waals surface area contributed by atoms with Crippen LogP contribution in [-0.4, -0.2) is 49.3 Å². The maximum absolute atomic E-state index is 12.5. The van der Waals surface area contributed by atoms with Gasteiger partial charge in [0.2, 0.25) is 0 Å². The number of hydrogen-bond donors (Lipinski definition) is 3. The Morgan fingerprint density at radius 1 is 1.09 bits per heavy atom.